The number of ether oxygens (including phenoxy) is 2. The fourth-order valence-corrected chi connectivity index (χ4v) is 4.05. The van der Waals surface area contributed by atoms with Crippen LogP contribution in [-0.2, 0) is 29.1 Å². The SMILES string of the molecule is CS(=O)(=O)N(CC(=O)O)CC1CN(C(=O)COC2CCCCC2)CCO1. The molecular weight excluding hydrogens is 364 g/mol. The van der Waals surface area contributed by atoms with E-state index in [-0.39, 0.29) is 38.3 Å². The standard InChI is InChI=1S/C16H28N2O7S/c1-26(22,23)18(11-16(20)21)10-14-9-17(7-8-24-14)15(19)12-25-13-5-3-2-4-6-13/h13-14H,2-12H2,1H3,(H,20,21). The number of aliphatic carboxylic acids is 1. The molecule has 1 aliphatic heterocycles. The Balaban J connectivity index is 1.84. The van der Waals surface area contributed by atoms with Crippen molar-refractivity contribution < 1.29 is 32.6 Å². The lowest BCUT2D eigenvalue weighted by Crippen LogP contribution is -2.52. The summed E-state index contributed by atoms with van der Waals surface area (Å²) in [5.74, 6) is -1.38. The molecule has 1 heterocycles. The Morgan fingerprint density at radius 3 is 2.58 bits per heavy atom. The highest BCUT2D eigenvalue weighted by Crippen LogP contribution is 2.20. The van der Waals surface area contributed by atoms with Crippen molar-refractivity contribution in [2.24, 2.45) is 0 Å². The highest BCUT2D eigenvalue weighted by Gasteiger charge is 2.30. The quantitative estimate of drug-likeness (QED) is 0.614. The van der Waals surface area contributed by atoms with Gasteiger partial charge in [-0.15, -0.1) is 0 Å². The zero-order valence-electron chi connectivity index (χ0n) is 15.1. The van der Waals surface area contributed by atoms with Gasteiger partial charge < -0.3 is 19.5 Å². The molecule has 0 bridgehead atoms. The summed E-state index contributed by atoms with van der Waals surface area (Å²) >= 11 is 0. The van der Waals surface area contributed by atoms with Crippen molar-refractivity contribution in [1.29, 1.82) is 0 Å². The first-order valence-corrected chi connectivity index (χ1v) is 10.8. The average Bonchev–Trinajstić information content (AvgIpc) is 2.59. The van der Waals surface area contributed by atoms with E-state index in [1.54, 1.807) is 4.90 Å². The van der Waals surface area contributed by atoms with Gasteiger partial charge in [0.05, 0.1) is 25.1 Å². The Labute approximate surface area is 154 Å². The second kappa shape index (κ2) is 9.63. The molecule has 2 rings (SSSR count). The van der Waals surface area contributed by atoms with E-state index >= 15 is 0 Å². The summed E-state index contributed by atoms with van der Waals surface area (Å²) in [6.45, 7) is 0.211. The van der Waals surface area contributed by atoms with Crippen LogP contribution in [0.4, 0.5) is 0 Å². The van der Waals surface area contributed by atoms with Crippen LogP contribution in [0.15, 0.2) is 0 Å². The minimum Gasteiger partial charge on any atom is -0.480 e. The molecule has 0 aromatic rings. The van der Waals surface area contributed by atoms with Gasteiger partial charge in [-0.2, -0.15) is 4.31 Å². The number of carbonyl (C=O) groups excluding carboxylic acids is 1. The molecule has 1 unspecified atom stereocenters. The highest BCUT2D eigenvalue weighted by atomic mass is 32.2. The van der Waals surface area contributed by atoms with E-state index in [1.165, 1.54) is 6.42 Å². The summed E-state index contributed by atoms with van der Waals surface area (Å²) in [4.78, 5) is 24.8. The predicted molar refractivity (Wildman–Crippen MR) is 93.2 cm³/mol. The van der Waals surface area contributed by atoms with Gasteiger partial charge in [-0.3, -0.25) is 9.59 Å². The minimum atomic E-state index is -3.68. The molecule has 1 N–H and O–H groups in total. The molecule has 0 spiro atoms. The van der Waals surface area contributed by atoms with E-state index < -0.39 is 28.6 Å². The lowest BCUT2D eigenvalue weighted by atomic mass is 9.98. The summed E-state index contributed by atoms with van der Waals surface area (Å²) in [6.07, 6.45) is 5.98. The van der Waals surface area contributed by atoms with Crippen LogP contribution < -0.4 is 0 Å². The second-order valence-electron chi connectivity index (χ2n) is 6.85. The summed E-state index contributed by atoms with van der Waals surface area (Å²) in [7, 11) is -3.68. The van der Waals surface area contributed by atoms with E-state index in [2.05, 4.69) is 0 Å². The largest absolute Gasteiger partial charge is 0.480 e. The molecule has 0 aromatic carbocycles. The van der Waals surface area contributed by atoms with E-state index in [0.29, 0.717) is 6.54 Å². The lowest BCUT2D eigenvalue weighted by Gasteiger charge is -2.35. The maximum absolute atomic E-state index is 12.4. The smallest absolute Gasteiger partial charge is 0.318 e. The van der Waals surface area contributed by atoms with Crippen LogP contribution in [-0.4, -0.2) is 92.5 Å². The number of nitrogens with zero attached hydrogens (tertiary/aromatic N) is 2. The molecule has 1 aliphatic carbocycles. The van der Waals surface area contributed by atoms with Crippen molar-refractivity contribution in [3.8, 4) is 0 Å². The van der Waals surface area contributed by atoms with E-state index in [0.717, 1.165) is 36.2 Å². The first kappa shape index (κ1) is 21.1. The van der Waals surface area contributed by atoms with Gasteiger partial charge in [0.15, 0.2) is 0 Å². The molecule has 150 valence electrons. The number of carboxylic acid groups (broad SMARTS) is 1. The first-order chi connectivity index (χ1) is 12.3. The fraction of sp³-hybridized carbons (Fsp3) is 0.875. The van der Waals surface area contributed by atoms with Crippen LogP contribution in [0.2, 0.25) is 0 Å². The van der Waals surface area contributed by atoms with Gasteiger partial charge in [0.25, 0.3) is 0 Å². The third-order valence-electron chi connectivity index (χ3n) is 4.67. The van der Waals surface area contributed by atoms with Crippen molar-refractivity contribution in [3.63, 3.8) is 0 Å². The Hall–Kier alpha value is -1.23. The molecular formula is C16H28N2O7S. The van der Waals surface area contributed by atoms with Gasteiger partial charge in [0.1, 0.15) is 13.2 Å². The van der Waals surface area contributed by atoms with Crippen molar-refractivity contribution in [2.45, 2.75) is 44.3 Å². The normalized spacial score (nSPS) is 22.5. The van der Waals surface area contributed by atoms with Crippen LogP contribution in [0.3, 0.4) is 0 Å². The first-order valence-electron chi connectivity index (χ1n) is 8.93. The monoisotopic (exact) mass is 392 g/mol. The van der Waals surface area contributed by atoms with Gasteiger partial charge in [-0.1, -0.05) is 19.3 Å². The number of amides is 1. The van der Waals surface area contributed by atoms with E-state index in [4.69, 9.17) is 14.6 Å². The molecule has 2 fully saturated rings. The van der Waals surface area contributed by atoms with Gasteiger partial charge in [0, 0.05) is 19.6 Å². The number of morpholine rings is 1. The molecule has 1 atom stereocenters. The summed E-state index contributed by atoms with van der Waals surface area (Å²) < 4.78 is 35.6. The molecule has 0 aromatic heterocycles. The van der Waals surface area contributed by atoms with Crippen LogP contribution in [0.5, 0.6) is 0 Å². The van der Waals surface area contributed by atoms with E-state index in [9.17, 15) is 18.0 Å². The van der Waals surface area contributed by atoms with E-state index in [1.807, 2.05) is 0 Å². The van der Waals surface area contributed by atoms with Crippen molar-refractivity contribution in [2.75, 3.05) is 45.6 Å². The van der Waals surface area contributed by atoms with Crippen molar-refractivity contribution >= 4 is 21.9 Å². The zero-order chi connectivity index (χ0) is 19.2. The lowest BCUT2D eigenvalue weighted by molar-refractivity contribution is -0.147. The molecule has 9 nitrogen and oxygen atoms in total. The number of carbonyl (C=O) groups is 2. The highest BCUT2D eigenvalue weighted by molar-refractivity contribution is 7.88. The number of carboxylic acids is 1. The summed E-state index contributed by atoms with van der Waals surface area (Å²) in [6, 6.07) is 0. The van der Waals surface area contributed by atoms with Gasteiger partial charge >= 0.3 is 5.97 Å². The molecule has 10 heteroatoms. The van der Waals surface area contributed by atoms with Crippen LogP contribution in [0.1, 0.15) is 32.1 Å². The van der Waals surface area contributed by atoms with Gasteiger partial charge in [-0.05, 0) is 12.8 Å². The number of hydrogen-bond acceptors (Lipinski definition) is 6. The Morgan fingerprint density at radius 1 is 1.27 bits per heavy atom. The van der Waals surface area contributed by atoms with Crippen LogP contribution >= 0.6 is 0 Å². The summed E-state index contributed by atoms with van der Waals surface area (Å²) in [5.41, 5.74) is 0. The molecule has 26 heavy (non-hydrogen) atoms. The third-order valence-corrected chi connectivity index (χ3v) is 5.89. The fourth-order valence-electron chi connectivity index (χ4n) is 3.26. The van der Waals surface area contributed by atoms with Gasteiger partial charge in [-0.25, -0.2) is 8.42 Å². The van der Waals surface area contributed by atoms with Gasteiger partial charge in [0.2, 0.25) is 15.9 Å². The zero-order valence-corrected chi connectivity index (χ0v) is 15.9. The Kier molecular flexibility index (Phi) is 7.81. The topological polar surface area (TPSA) is 113 Å². The maximum Gasteiger partial charge on any atom is 0.318 e. The molecule has 1 amide bonds. The second-order valence-corrected chi connectivity index (χ2v) is 8.84. The number of rotatable bonds is 8. The third kappa shape index (κ3) is 6.82. The maximum atomic E-state index is 12.4. The predicted octanol–water partition coefficient (Wildman–Crippen LogP) is -0.0907. The van der Waals surface area contributed by atoms with Crippen LogP contribution in [0.25, 0.3) is 0 Å². The number of sulfonamides is 1. The Morgan fingerprint density at radius 2 is 1.96 bits per heavy atom. The number of hydrogen-bond donors (Lipinski definition) is 1. The van der Waals surface area contributed by atoms with Crippen molar-refractivity contribution in [1.82, 2.24) is 9.21 Å². The average molecular weight is 392 g/mol. The molecule has 1 saturated heterocycles. The Bertz CT molecular complexity index is 589. The molecule has 1 saturated carbocycles. The summed E-state index contributed by atoms with van der Waals surface area (Å²) in [5, 5.41) is 8.88. The molecule has 0 radical (unpaired) electrons. The molecule has 2 aliphatic rings. The van der Waals surface area contributed by atoms with Crippen molar-refractivity contribution in [3.05, 3.63) is 0 Å². The van der Waals surface area contributed by atoms with Crippen LogP contribution in [0, 0.1) is 0 Å². The minimum absolute atomic E-state index is 0.0162.